The Kier molecular flexibility index (Phi) is 3.13. The molecule has 1 rings (SSSR count). The molecule has 2 heteroatoms. The van der Waals surface area contributed by atoms with E-state index < -0.39 is 0 Å². The van der Waals surface area contributed by atoms with Crippen molar-refractivity contribution in [1.82, 2.24) is 4.90 Å². The Morgan fingerprint density at radius 2 is 2.17 bits per heavy atom. The number of piperidine rings is 1. The summed E-state index contributed by atoms with van der Waals surface area (Å²) in [7, 11) is 0. The van der Waals surface area contributed by atoms with Crippen LogP contribution < -0.4 is 5.73 Å². The number of likely N-dealkylation sites (tertiary alicyclic amines) is 1. The third-order valence-corrected chi connectivity index (χ3v) is 3.01. The lowest BCUT2D eigenvalue weighted by Gasteiger charge is -2.42. The molecule has 0 saturated carbocycles. The molecule has 1 atom stereocenters. The van der Waals surface area contributed by atoms with Crippen LogP contribution in [0, 0.1) is 5.92 Å². The van der Waals surface area contributed by atoms with Gasteiger partial charge in [0, 0.05) is 18.6 Å². The van der Waals surface area contributed by atoms with Crippen molar-refractivity contribution in [2.24, 2.45) is 11.7 Å². The molecule has 0 unspecified atom stereocenters. The molecule has 0 radical (unpaired) electrons. The van der Waals surface area contributed by atoms with Gasteiger partial charge in [-0.05, 0) is 39.2 Å². The Labute approximate surface area is 76.1 Å². The quantitative estimate of drug-likeness (QED) is 0.680. The summed E-state index contributed by atoms with van der Waals surface area (Å²) in [6.45, 7) is 10.0. The van der Waals surface area contributed by atoms with Crippen LogP contribution >= 0.6 is 0 Å². The van der Waals surface area contributed by atoms with Crippen LogP contribution in [0.4, 0.5) is 0 Å². The van der Waals surface area contributed by atoms with Crippen LogP contribution in [0.25, 0.3) is 0 Å². The van der Waals surface area contributed by atoms with Crippen LogP contribution in [0.3, 0.4) is 0 Å². The molecule has 0 aromatic carbocycles. The standard InChI is InChI=1S/C10H22N2/c1-9-5-4-6-12(7-9)10(2,3)8-11/h9H,4-8,11H2,1-3H3/t9-/m1/s1. The molecule has 1 heterocycles. The molecule has 0 aliphatic carbocycles. The third-order valence-electron chi connectivity index (χ3n) is 3.01. The summed E-state index contributed by atoms with van der Waals surface area (Å²) < 4.78 is 0. The van der Waals surface area contributed by atoms with Gasteiger partial charge < -0.3 is 5.73 Å². The maximum absolute atomic E-state index is 5.74. The van der Waals surface area contributed by atoms with E-state index in [0.29, 0.717) is 0 Å². The summed E-state index contributed by atoms with van der Waals surface area (Å²) >= 11 is 0. The molecule has 2 nitrogen and oxygen atoms in total. The van der Waals surface area contributed by atoms with Crippen molar-refractivity contribution in [3.63, 3.8) is 0 Å². The predicted molar refractivity (Wildman–Crippen MR) is 53.1 cm³/mol. The van der Waals surface area contributed by atoms with Crippen molar-refractivity contribution < 1.29 is 0 Å². The van der Waals surface area contributed by atoms with Gasteiger partial charge >= 0.3 is 0 Å². The van der Waals surface area contributed by atoms with E-state index in [1.165, 1.54) is 25.9 Å². The van der Waals surface area contributed by atoms with E-state index in [1.54, 1.807) is 0 Å². The molecule has 0 aromatic rings. The molecule has 2 N–H and O–H groups in total. The highest BCUT2D eigenvalue weighted by Gasteiger charge is 2.28. The topological polar surface area (TPSA) is 29.3 Å². The molecule has 1 fully saturated rings. The second-order valence-electron chi connectivity index (χ2n) is 4.71. The lowest BCUT2D eigenvalue weighted by Crippen LogP contribution is -2.52. The number of hydrogen-bond donors (Lipinski definition) is 1. The molecule has 0 bridgehead atoms. The molecular weight excluding hydrogens is 148 g/mol. The fourth-order valence-electron chi connectivity index (χ4n) is 1.87. The Morgan fingerprint density at radius 3 is 2.67 bits per heavy atom. The SMILES string of the molecule is C[C@@H]1CCCN(C(C)(C)CN)C1. The van der Waals surface area contributed by atoms with Crippen molar-refractivity contribution in [3.05, 3.63) is 0 Å². The second kappa shape index (κ2) is 3.75. The first-order chi connectivity index (χ1) is 5.56. The summed E-state index contributed by atoms with van der Waals surface area (Å²) in [6.07, 6.45) is 2.72. The molecule has 1 aliphatic rings. The van der Waals surface area contributed by atoms with Gasteiger partial charge in [-0.3, -0.25) is 4.90 Å². The summed E-state index contributed by atoms with van der Waals surface area (Å²) in [5, 5.41) is 0. The maximum atomic E-state index is 5.74. The van der Waals surface area contributed by atoms with E-state index in [0.717, 1.165) is 12.5 Å². The molecule has 1 aliphatic heterocycles. The minimum Gasteiger partial charge on any atom is -0.329 e. The van der Waals surface area contributed by atoms with Gasteiger partial charge in [-0.1, -0.05) is 6.92 Å². The number of hydrogen-bond acceptors (Lipinski definition) is 2. The third kappa shape index (κ3) is 2.20. The maximum Gasteiger partial charge on any atom is 0.0275 e. The van der Waals surface area contributed by atoms with Gasteiger partial charge in [0.15, 0.2) is 0 Å². The van der Waals surface area contributed by atoms with E-state index in [-0.39, 0.29) is 5.54 Å². The van der Waals surface area contributed by atoms with E-state index >= 15 is 0 Å². The lowest BCUT2D eigenvalue weighted by atomic mass is 9.94. The zero-order valence-electron chi connectivity index (χ0n) is 8.64. The summed E-state index contributed by atoms with van der Waals surface area (Å²) in [6, 6.07) is 0. The summed E-state index contributed by atoms with van der Waals surface area (Å²) in [5.41, 5.74) is 5.94. The van der Waals surface area contributed by atoms with Crippen LogP contribution in [-0.2, 0) is 0 Å². The van der Waals surface area contributed by atoms with E-state index in [1.807, 2.05) is 0 Å². The Hall–Kier alpha value is -0.0800. The molecular formula is C10H22N2. The minimum absolute atomic E-state index is 0.203. The van der Waals surface area contributed by atoms with Crippen molar-refractivity contribution in [1.29, 1.82) is 0 Å². The number of rotatable bonds is 2. The first-order valence-electron chi connectivity index (χ1n) is 5.01. The molecule has 12 heavy (non-hydrogen) atoms. The Morgan fingerprint density at radius 1 is 1.50 bits per heavy atom. The van der Waals surface area contributed by atoms with Crippen LogP contribution in [-0.4, -0.2) is 30.1 Å². The highest BCUT2D eigenvalue weighted by Crippen LogP contribution is 2.22. The number of nitrogens with two attached hydrogens (primary N) is 1. The Bertz CT molecular complexity index is 143. The molecule has 0 amide bonds. The lowest BCUT2D eigenvalue weighted by molar-refractivity contribution is 0.0772. The average Bonchev–Trinajstić information content (AvgIpc) is 2.05. The van der Waals surface area contributed by atoms with E-state index in [2.05, 4.69) is 25.7 Å². The van der Waals surface area contributed by atoms with Crippen molar-refractivity contribution >= 4 is 0 Å². The van der Waals surface area contributed by atoms with E-state index in [9.17, 15) is 0 Å². The van der Waals surface area contributed by atoms with Crippen LogP contribution in [0.2, 0.25) is 0 Å². The molecule has 72 valence electrons. The van der Waals surface area contributed by atoms with Crippen LogP contribution in [0.5, 0.6) is 0 Å². The second-order valence-corrected chi connectivity index (χ2v) is 4.71. The van der Waals surface area contributed by atoms with Gasteiger partial charge in [0.25, 0.3) is 0 Å². The van der Waals surface area contributed by atoms with Crippen LogP contribution in [0.15, 0.2) is 0 Å². The minimum atomic E-state index is 0.203. The fraction of sp³-hybridized carbons (Fsp3) is 1.00. The molecule has 0 aromatic heterocycles. The summed E-state index contributed by atoms with van der Waals surface area (Å²) in [4.78, 5) is 2.53. The zero-order valence-corrected chi connectivity index (χ0v) is 8.64. The molecule has 0 spiro atoms. The van der Waals surface area contributed by atoms with Gasteiger partial charge in [-0.2, -0.15) is 0 Å². The monoisotopic (exact) mass is 170 g/mol. The van der Waals surface area contributed by atoms with Crippen molar-refractivity contribution in [3.8, 4) is 0 Å². The largest absolute Gasteiger partial charge is 0.329 e. The Balaban J connectivity index is 2.50. The molecule has 1 saturated heterocycles. The predicted octanol–water partition coefficient (Wildman–Crippen LogP) is 1.46. The highest BCUT2D eigenvalue weighted by atomic mass is 15.2. The number of nitrogens with zero attached hydrogens (tertiary/aromatic N) is 1. The summed E-state index contributed by atoms with van der Waals surface area (Å²) in [5.74, 6) is 0.851. The highest BCUT2D eigenvalue weighted by molar-refractivity contribution is 4.85. The van der Waals surface area contributed by atoms with Crippen molar-refractivity contribution in [2.75, 3.05) is 19.6 Å². The first-order valence-corrected chi connectivity index (χ1v) is 5.01. The zero-order chi connectivity index (χ0) is 9.19. The van der Waals surface area contributed by atoms with Gasteiger partial charge in [0.1, 0.15) is 0 Å². The van der Waals surface area contributed by atoms with Gasteiger partial charge in [0.2, 0.25) is 0 Å². The first kappa shape index (κ1) is 10.0. The van der Waals surface area contributed by atoms with Gasteiger partial charge in [-0.15, -0.1) is 0 Å². The van der Waals surface area contributed by atoms with Gasteiger partial charge in [0.05, 0.1) is 0 Å². The van der Waals surface area contributed by atoms with Crippen LogP contribution in [0.1, 0.15) is 33.6 Å². The van der Waals surface area contributed by atoms with Crippen molar-refractivity contribution in [2.45, 2.75) is 39.2 Å². The normalized spacial score (nSPS) is 27.5. The van der Waals surface area contributed by atoms with E-state index in [4.69, 9.17) is 5.73 Å². The average molecular weight is 170 g/mol. The smallest absolute Gasteiger partial charge is 0.0275 e. The van der Waals surface area contributed by atoms with Gasteiger partial charge in [-0.25, -0.2) is 0 Å². The fourth-order valence-corrected chi connectivity index (χ4v) is 1.87.